The zero-order chi connectivity index (χ0) is 18.9. The van der Waals surface area contributed by atoms with Gasteiger partial charge in [0.1, 0.15) is 0 Å². The topological polar surface area (TPSA) is 116 Å². The van der Waals surface area contributed by atoms with E-state index in [-0.39, 0.29) is 6.61 Å². The van der Waals surface area contributed by atoms with Crippen LogP contribution >= 0.6 is 0 Å². The van der Waals surface area contributed by atoms with Crippen LogP contribution in [0.2, 0.25) is 0 Å². The van der Waals surface area contributed by atoms with Gasteiger partial charge in [0.15, 0.2) is 0 Å². The summed E-state index contributed by atoms with van der Waals surface area (Å²) in [6.07, 6.45) is 3.70. The van der Waals surface area contributed by atoms with Gasteiger partial charge in [0.25, 0.3) is 0 Å². The molecule has 0 saturated heterocycles. The average molecular weight is 374 g/mol. The molecule has 0 spiro atoms. The number of aliphatic hydroxyl groups is 1. The lowest BCUT2D eigenvalue weighted by molar-refractivity contribution is 0.289. The monoisotopic (exact) mass is 374 g/mol. The first-order valence-electron chi connectivity index (χ1n) is 9.01. The molecule has 8 heteroatoms. The molecule has 0 bridgehead atoms. The van der Waals surface area contributed by atoms with Gasteiger partial charge in [0, 0.05) is 29.0 Å². The van der Waals surface area contributed by atoms with Crippen LogP contribution in [0, 0.1) is 0 Å². The molecule has 2 aromatic carbocycles. The molecular formula is C20H18N6O2. The fraction of sp³-hybridized carbons (Fsp3) is 0.150. The van der Waals surface area contributed by atoms with Gasteiger partial charge >= 0.3 is 0 Å². The van der Waals surface area contributed by atoms with Gasteiger partial charge in [-0.2, -0.15) is 5.10 Å². The molecule has 0 aliphatic carbocycles. The average Bonchev–Trinajstić information content (AvgIpc) is 3.46. The van der Waals surface area contributed by atoms with E-state index in [4.69, 9.17) is 9.52 Å². The lowest BCUT2D eigenvalue weighted by Crippen LogP contribution is -2.17. The zero-order valence-corrected chi connectivity index (χ0v) is 14.9. The largest absolute Gasteiger partial charge is 0.419 e. The number of benzene rings is 2. The lowest BCUT2D eigenvalue weighted by Gasteiger charge is -2.07. The van der Waals surface area contributed by atoms with Crippen molar-refractivity contribution in [2.45, 2.75) is 6.54 Å². The van der Waals surface area contributed by atoms with Crippen LogP contribution in [0.3, 0.4) is 0 Å². The Labute approximate surface area is 159 Å². The number of hydrogen-bond acceptors (Lipinski definition) is 6. The van der Waals surface area contributed by atoms with Gasteiger partial charge in [0.2, 0.25) is 11.8 Å². The highest BCUT2D eigenvalue weighted by atomic mass is 16.4. The number of aromatic amines is 2. The van der Waals surface area contributed by atoms with Gasteiger partial charge in [-0.05, 0) is 35.4 Å². The normalized spacial score (nSPS) is 11.6. The van der Waals surface area contributed by atoms with Crippen molar-refractivity contribution in [3.63, 3.8) is 0 Å². The number of nitrogens with one attached hydrogen (secondary N) is 3. The maximum Gasteiger partial charge on any atom is 0.248 e. The van der Waals surface area contributed by atoms with Crippen LogP contribution < -0.4 is 5.32 Å². The van der Waals surface area contributed by atoms with Gasteiger partial charge in [0.05, 0.1) is 30.4 Å². The van der Waals surface area contributed by atoms with E-state index in [1.807, 2.05) is 12.3 Å². The third kappa shape index (κ3) is 2.84. The maximum absolute atomic E-state index is 8.88. The van der Waals surface area contributed by atoms with Crippen LogP contribution in [0.15, 0.2) is 53.2 Å². The summed E-state index contributed by atoms with van der Waals surface area (Å²) in [5.74, 6) is 0.911. The van der Waals surface area contributed by atoms with Crippen molar-refractivity contribution >= 4 is 21.8 Å². The Kier molecular flexibility index (Phi) is 4.12. The molecule has 0 fully saturated rings. The summed E-state index contributed by atoms with van der Waals surface area (Å²) >= 11 is 0. The van der Waals surface area contributed by atoms with E-state index in [0.717, 1.165) is 38.5 Å². The minimum Gasteiger partial charge on any atom is -0.419 e. The van der Waals surface area contributed by atoms with Crippen LogP contribution in [-0.4, -0.2) is 43.6 Å². The van der Waals surface area contributed by atoms with Gasteiger partial charge < -0.3 is 19.8 Å². The molecule has 5 aromatic rings. The number of fused-ring (bicyclic) bond motifs is 2. The standard InChI is InChI=1S/C20H18N6O2/c27-7-6-21-11-19-25-26-20(28-19)15-8-12(9-18-16(15)10-23-24-18)13-2-1-3-17-14(13)4-5-22-17/h1-5,8-10,21-22,27H,6-7,11H2,(H,23,24). The SMILES string of the molecule is OCCNCc1nnc(-c2cc(-c3cccc4[nH]ccc34)cc3[nH]ncc23)o1. The van der Waals surface area contributed by atoms with Crippen LogP contribution in [0.5, 0.6) is 0 Å². The minimum absolute atomic E-state index is 0.0589. The van der Waals surface area contributed by atoms with Crippen molar-refractivity contribution in [1.82, 2.24) is 30.7 Å². The van der Waals surface area contributed by atoms with Gasteiger partial charge in [-0.15, -0.1) is 10.2 Å². The van der Waals surface area contributed by atoms with Gasteiger partial charge in [-0.1, -0.05) is 12.1 Å². The molecular weight excluding hydrogens is 356 g/mol. The fourth-order valence-corrected chi connectivity index (χ4v) is 3.43. The highest BCUT2D eigenvalue weighted by molar-refractivity contribution is 6.01. The molecule has 0 aliphatic heterocycles. The Morgan fingerprint density at radius 3 is 2.93 bits per heavy atom. The van der Waals surface area contributed by atoms with E-state index in [9.17, 15) is 0 Å². The number of nitrogens with zero attached hydrogens (tertiary/aromatic N) is 3. The molecule has 0 aliphatic rings. The Morgan fingerprint density at radius 1 is 1.04 bits per heavy atom. The third-order valence-corrected chi connectivity index (χ3v) is 4.73. The van der Waals surface area contributed by atoms with Gasteiger partial charge in [-0.25, -0.2) is 0 Å². The summed E-state index contributed by atoms with van der Waals surface area (Å²) in [6.45, 7) is 0.938. The summed E-state index contributed by atoms with van der Waals surface area (Å²) in [5.41, 5.74) is 4.96. The summed E-state index contributed by atoms with van der Waals surface area (Å²) in [7, 11) is 0. The van der Waals surface area contributed by atoms with Crippen molar-refractivity contribution in [2.24, 2.45) is 0 Å². The van der Waals surface area contributed by atoms with E-state index in [1.54, 1.807) is 6.20 Å². The Hall–Kier alpha value is -3.49. The highest BCUT2D eigenvalue weighted by Gasteiger charge is 2.16. The smallest absolute Gasteiger partial charge is 0.248 e. The summed E-state index contributed by atoms with van der Waals surface area (Å²) in [4.78, 5) is 3.25. The van der Waals surface area contributed by atoms with Crippen LogP contribution in [-0.2, 0) is 6.54 Å². The third-order valence-electron chi connectivity index (χ3n) is 4.73. The van der Waals surface area contributed by atoms with E-state index in [0.29, 0.717) is 24.9 Å². The predicted molar refractivity (Wildman–Crippen MR) is 105 cm³/mol. The molecule has 0 atom stereocenters. The van der Waals surface area contributed by atoms with Crippen molar-refractivity contribution in [3.8, 4) is 22.6 Å². The van der Waals surface area contributed by atoms with E-state index < -0.39 is 0 Å². The maximum atomic E-state index is 8.88. The summed E-state index contributed by atoms with van der Waals surface area (Å²) in [6, 6.07) is 12.4. The molecule has 140 valence electrons. The molecule has 4 N–H and O–H groups in total. The molecule has 0 radical (unpaired) electrons. The van der Waals surface area contributed by atoms with Gasteiger partial charge in [-0.3, -0.25) is 5.10 Å². The number of aliphatic hydroxyl groups excluding tert-OH is 1. The quantitative estimate of drug-likeness (QED) is 0.340. The molecule has 0 saturated carbocycles. The first-order chi connectivity index (χ1) is 13.8. The second-order valence-electron chi connectivity index (χ2n) is 6.50. The van der Waals surface area contributed by atoms with E-state index in [2.05, 4.69) is 61.0 Å². The van der Waals surface area contributed by atoms with Crippen molar-refractivity contribution in [3.05, 3.63) is 54.7 Å². The Bertz CT molecular complexity index is 1250. The first kappa shape index (κ1) is 16.7. The zero-order valence-electron chi connectivity index (χ0n) is 14.9. The van der Waals surface area contributed by atoms with E-state index in [1.165, 1.54) is 0 Å². The molecule has 5 rings (SSSR count). The first-order valence-corrected chi connectivity index (χ1v) is 9.01. The minimum atomic E-state index is 0.0589. The van der Waals surface area contributed by atoms with E-state index >= 15 is 0 Å². The Balaban J connectivity index is 1.62. The molecule has 3 heterocycles. The second-order valence-corrected chi connectivity index (χ2v) is 6.50. The number of H-pyrrole nitrogens is 2. The van der Waals surface area contributed by atoms with Crippen LogP contribution in [0.4, 0.5) is 0 Å². The summed E-state index contributed by atoms with van der Waals surface area (Å²) < 4.78 is 5.84. The fourth-order valence-electron chi connectivity index (χ4n) is 3.43. The molecule has 3 aromatic heterocycles. The van der Waals surface area contributed by atoms with Crippen molar-refractivity contribution in [1.29, 1.82) is 0 Å². The lowest BCUT2D eigenvalue weighted by atomic mass is 9.98. The highest BCUT2D eigenvalue weighted by Crippen LogP contribution is 2.35. The van der Waals surface area contributed by atoms with Crippen molar-refractivity contribution < 1.29 is 9.52 Å². The molecule has 0 unspecified atom stereocenters. The number of aromatic nitrogens is 5. The number of hydrogen-bond donors (Lipinski definition) is 4. The number of rotatable bonds is 6. The molecule has 8 nitrogen and oxygen atoms in total. The molecule has 0 amide bonds. The van der Waals surface area contributed by atoms with Crippen LogP contribution in [0.1, 0.15) is 5.89 Å². The molecule has 28 heavy (non-hydrogen) atoms. The summed E-state index contributed by atoms with van der Waals surface area (Å²) in [5, 5.41) is 29.5. The predicted octanol–water partition coefficient (Wildman–Crippen LogP) is 2.84. The second kappa shape index (κ2) is 6.91. The Morgan fingerprint density at radius 2 is 2.00 bits per heavy atom. The van der Waals surface area contributed by atoms with Crippen LogP contribution in [0.25, 0.3) is 44.4 Å². The van der Waals surface area contributed by atoms with Crippen molar-refractivity contribution in [2.75, 3.05) is 13.2 Å².